The third-order valence-electron chi connectivity index (χ3n) is 4.03. The lowest BCUT2D eigenvalue weighted by Crippen LogP contribution is -2.09. The number of thioether (sulfide) groups is 1. The van der Waals surface area contributed by atoms with Crippen LogP contribution < -0.4 is 4.74 Å². The molecule has 3 aromatic rings. The Morgan fingerprint density at radius 3 is 2.71 bits per heavy atom. The summed E-state index contributed by atoms with van der Waals surface area (Å²) in [7, 11) is 0. The Morgan fingerprint density at radius 1 is 1.08 bits per heavy atom. The first kappa shape index (κ1) is 15.2. The van der Waals surface area contributed by atoms with Gasteiger partial charge in [-0.15, -0.1) is 11.8 Å². The Kier molecular flexibility index (Phi) is 3.98. The topological polar surface area (TPSA) is 35.0 Å². The summed E-state index contributed by atoms with van der Waals surface area (Å²) in [6.45, 7) is 4.25. The van der Waals surface area contributed by atoms with Gasteiger partial charge in [-0.1, -0.05) is 55.0 Å². The van der Waals surface area contributed by atoms with Gasteiger partial charge in [0.2, 0.25) is 5.88 Å². The monoisotopic (exact) mass is 334 g/mol. The van der Waals surface area contributed by atoms with Crippen LogP contribution in [0.4, 0.5) is 0 Å². The minimum Gasteiger partial charge on any atom is -0.438 e. The van der Waals surface area contributed by atoms with E-state index < -0.39 is 0 Å². The van der Waals surface area contributed by atoms with Crippen LogP contribution in [0.25, 0.3) is 11.4 Å². The van der Waals surface area contributed by atoms with Crippen LogP contribution in [0, 0.1) is 6.92 Å². The lowest BCUT2D eigenvalue weighted by atomic mass is 10.0. The molecule has 1 aromatic heterocycles. The van der Waals surface area contributed by atoms with Crippen molar-refractivity contribution in [3.63, 3.8) is 0 Å². The van der Waals surface area contributed by atoms with Crippen molar-refractivity contribution in [2.45, 2.75) is 25.3 Å². The molecule has 0 atom stereocenters. The van der Waals surface area contributed by atoms with Gasteiger partial charge < -0.3 is 4.74 Å². The van der Waals surface area contributed by atoms with Crippen LogP contribution in [0.3, 0.4) is 0 Å². The molecule has 3 nitrogen and oxygen atoms in total. The second-order valence-electron chi connectivity index (χ2n) is 5.83. The van der Waals surface area contributed by atoms with Crippen molar-refractivity contribution >= 4 is 11.8 Å². The zero-order valence-corrected chi connectivity index (χ0v) is 14.6. The van der Waals surface area contributed by atoms with Gasteiger partial charge >= 0.3 is 0 Å². The average Bonchev–Trinajstić information content (AvgIpc) is 2.61. The van der Waals surface area contributed by atoms with Gasteiger partial charge in [0.25, 0.3) is 0 Å². The van der Waals surface area contributed by atoms with E-state index in [1.165, 1.54) is 11.1 Å². The molecule has 0 aliphatic carbocycles. The number of benzene rings is 2. The minimum absolute atomic E-state index is 0.691. The van der Waals surface area contributed by atoms with Crippen LogP contribution in [-0.4, -0.2) is 15.7 Å². The standard InChI is InChI=1S/C20H18N2OS/c1-3-24-20-16-12-15-11-13(2)9-10-17(15)23-19(16)21-18(22-20)14-7-5-4-6-8-14/h4-11H,3,12H2,1-2H3. The third-order valence-corrected chi connectivity index (χ3v) is 4.93. The molecule has 0 spiro atoms. The van der Waals surface area contributed by atoms with Crippen LogP contribution in [0.5, 0.6) is 11.6 Å². The van der Waals surface area contributed by atoms with E-state index >= 15 is 0 Å². The molecular formula is C20H18N2OS. The summed E-state index contributed by atoms with van der Waals surface area (Å²) in [5, 5.41) is 1.02. The van der Waals surface area contributed by atoms with Crippen LogP contribution >= 0.6 is 11.8 Å². The molecule has 0 radical (unpaired) electrons. The summed E-state index contributed by atoms with van der Waals surface area (Å²) in [6, 6.07) is 16.4. The second-order valence-corrected chi connectivity index (χ2v) is 7.08. The van der Waals surface area contributed by atoms with Gasteiger partial charge in [0, 0.05) is 12.0 Å². The van der Waals surface area contributed by atoms with Gasteiger partial charge in [0.1, 0.15) is 10.8 Å². The maximum absolute atomic E-state index is 6.12. The van der Waals surface area contributed by atoms with Crippen molar-refractivity contribution in [2.75, 3.05) is 5.75 Å². The van der Waals surface area contributed by atoms with Crippen molar-refractivity contribution in [1.82, 2.24) is 9.97 Å². The largest absolute Gasteiger partial charge is 0.438 e. The average molecular weight is 334 g/mol. The summed E-state index contributed by atoms with van der Waals surface area (Å²) in [6.07, 6.45) is 0.823. The molecule has 4 heteroatoms. The number of ether oxygens (including phenoxy) is 1. The molecule has 0 saturated heterocycles. The first-order chi connectivity index (χ1) is 11.7. The number of fused-ring (bicyclic) bond motifs is 2. The second kappa shape index (κ2) is 6.29. The number of rotatable bonds is 3. The summed E-state index contributed by atoms with van der Waals surface area (Å²) in [5.41, 5.74) is 4.56. The molecule has 0 bridgehead atoms. The van der Waals surface area contributed by atoms with E-state index in [1.807, 2.05) is 36.4 Å². The fourth-order valence-electron chi connectivity index (χ4n) is 2.89. The molecule has 0 unspecified atom stereocenters. The molecular weight excluding hydrogens is 316 g/mol. The Morgan fingerprint density at radius 2 is 1.92 bits per heavy atom. The zero-order chi connectivity index (χ0) is 16.5. The quantitative estimate of drug-likeness (QED) is 0.378. The van der Waals surface area contributed by atoms with Crippen molar-refractivity contribution < 1.29 is 4.74 Å². The van der Waals surface area contributed by atoms with Gasteiger partial charge in [-0.2, -0.15) is 4.98 Å². The molecule has 120 valence electrons. The Hall–Kier alpha value is -2.33. The van der Waals surface area contributed by atoms with E-state index in [-0.39, 0.29) is 0 Å². The summed E-state index contributed by atoms with van der Waals surface area (Å²) in [5.74, 6) is 3.29. The van der Waals surface area contributed by atoms with Crippen molar-refractivity contribution in [1.29, 1.82) is 0 Å². The predicted molar refractivity (Wildman–Crippen MR) is 97.9 cm³/mol. The summed E-state index contributed by atoms with van der Waals surface area (Å²) >= 11 is 1.75. The Balaban J connectivity index is 1.83. The molecule has 4 rings (SSSR count). The third kappa shape index (κ3) is 2.78. The van der Waals surface area contributed by atoms with Gasteiger partial charge in [0.15, 0.2) is 5.82 Å². The number of hydrogen-bond acceptors (Lipinski definition) is 4. The lowest BCUT2D eigenvalue weighted by Gasteiger charge is -2.22. The van der Waals surface area contributed by atoms with Gasteiger partial charge in [0.05, 0.1) is 5.56 Å². The highest BCUT2D eigenvalue weighted by molar-refractivity contribution is 7.99. The number of aryl methyl sites for hydroxylation is 1. The molecule has 24 heavy (non-hydrogen) atoms. The van der Waals surface area contributed by atoms with Gasteiger partial charge in [-0.25, -0.2) is 4.98 Å². The number of hydrogen-bond donors (Lipinski definition) is 0. The Labute approximate surface area is 146 Å². The first-order valence-electron chi connectivity index (χ1n) is 8.11. The molecule has 0 fully saturated rings. The minimum atomic E-state index is 0.691. The maximum atomic E-state index is 6.12. The van der Waals surface area contributed by atoms with Crippen LogP contribution in [0.2, 0.25) is 0 Å². The molecule has 2 heterocycles. The maximum Gasteiger partial charge on any atom is 0.227 e. The van der Waals surface area contributed by atoms with Crippen LogP contribution in [0.1, 0.15) is 23.6 Å². The van der Waals surface area contributed by atoms with E-state index in [2.05, 4.69) is 26.0 Å². The first-order valence-corrected chi connectivity index (χ1v) is 9.09. The van der Waals surface area contributed by atoms with Crippen LogP contribution in [0.15, 0.2) is 53.6 Å². The van der Waals surface area contributed by atoms with Gasteiger partial charge in [-0.3, -0.25) is 0 Å². The van der Waals surface area contributed by atoms with E-state index in [0.717, 1.165) is 39.9 Å². The lowest BCUT2D eigenvalue weighted by molar-refractivity contribution is 0.435. The molecule has 2 aromatic carbocycles. The highest BCUT2D eigenvalue weighted by Crippen LogP contribution is 2.40. The molecule has 0 saturated carbocycles. The van der Waals surface area contributed by atoms with E-state index in [0.29, 0.717) is 5.88 Å². The smallest absolute Gasteiger partial charge is 0.227 e. The normalized spacial score (nSPS) is 12.2. The van der Waals surface area contributed by atoms with Crippen molar-refractivity contribution in [3.8, 4) is 23.0 Å². The molecule has 0 N–H and O–H groups in total. The fraction of sp³-hybridized carbons (Fsp3) is 0.200. The molecule has 1 aliphatic heterocycles. The summed E-state index contributed by atoms with van der Waals surface area (Å²) in [4.78, 5) is 9.51. The predicted octanol–water partition coefficient (Wildman–Crippen LogP) is 5.26. The van der Waals surface area contributed by atoms with Crippen molar-refractivity contribution in [2.24, 2.45) is 0 Å². The number of nitrogens with zero attached hydrogens (tertiary/aromatic N) is 2. The summed E-state index contributed by atoms with van der Waals surface area (Å²) < 4.78 is 6.12. The SMILES string of the molecule is CCSc1nc(-c2ccccc2)nc2c1Cc1cc(C)ccc1O2. The van der Waals surface area contributed by atoms with Crippen molar-refractivity contribution in [3.05, 3.63) is 65.2 Å². The number of aromatic nitrogens is 2. The zero-order valence-electron chi connectivity index (χ0n) is 13.7. The van der Waals surface area contributed by atoms with E-state index in [4.69, 9.17) is 14.7 Å². The molecule has 0 amide bonds. The van der Waals surface area contributed by atoms with Crippen LogP contribution in [-0.2, 0) is 6.42 Å². The Bertz CT molecular complexity index is 894. The molecule has 1 aliphatic rings. The van der Waals surface area contributed by atoms with E-state index in [9.17, 15) is 0 Å². The fourth-order valence-corrected chi connectivity index (χ4v) is 3.65. The van der Waals surface area contributed by atoms with Gasteiger partial charge in [-0.05, 0) is 24.3 Å². The van der Waals surface area contributed by atoms with E-state index in [1.54, 1.807) is 11.8 Å². The highest BCUT2D eigenvalue weighted by Gasteiger charge is 2.24. The highest BCUT2D eigenvalue weighted by atomic mass is 32.2.